The maximum Gasteiger partial charge on any atom is 0.266 e. The Morgan fingerprint density at radius 3 is 2.54 bits per heavy atom. The second-order valence-electron chi connectivity index (χ2n) is 2.79. The van der Waals surface area contributed by atoms with Crippen LogP contribution in [0.2, 0.25) is 0 Å². The molecule has 13 heavy (non-hydrogen) atoms. The molecule has 2 N–H and O–H groups in total. The highest BCUT2D eigenvalue weighted by molar-refractivity contribution is 7.85. The summed E-state index contributed by atoms with van der Waals surface area (Å²) in [5, 5.41) is 1.88. The second kappa shape index (κ2) is 4.87. The van der Waals surface area contributed by atoms with Crippen LogP contribution >= 0.6 is 0 Å². The first-order valence-corrected chi connectivity index (χ1v) is 5.70. The largest absolute Gasteiger partial charge is 0.379 e. The summed E-state index contributed by atoms with van der Waals surface area (Å²) >= 11 is 0. The Labute approximate surface area is 77.6 Å². The highest BCUT2D eigenvalue weighted by Crippen LogP contribution is 1.91. The predicted octanol–water partition coefficient (Wildman–Crippen LogP) is -1.29. The molecule has 0 bridgehead atoms. The van der Waals surface area contributed by atoms with Gasteiger partial charge < -0.3 is 4.74 Å². The maximum atomic E-state index is 10.3. The molecule has 1 saturated heterocycles. The molecule has 78 valence electrons. The van der Waals surface area contributed by atoms with Crippen molar-refractivity contribution in [1.29, 1.82) is 0 Å². The molecule has 0 atom stereocenters. The molecule has 1 heterocycles. The summed E-state index contributed by atoms with van der Waals surface area (Å²) in [7, 11) is -3.85. The molecule has 0 aromatic rings. The smallest absolute Gasteiger partial charge is 0.266 e. The van der Waals surface area contributed by atoms with Crippen molar-refractivity contribution >= 4 is 10.1 Å². The number of hydrogen-bond acceptors (Lipinski definition) is 5. The van der Waals surface area contributed by atoms with Crippen LogP contribution < -0.4 is 5.43 Å². The number of rotatable bonds is 4. The van der Waals surface area contributed by atoms with Crippen molar-refractivity contribution in [2.45, 2.75) is 0 Å². The molecule has 0 aliphatic carbocycles. The van der Waals surface area contributed by atoms with Crippen LogP contribution in [-0.2, 0) is 14.9 Å². The standard InChI is InChI=1S/C6H14N2O4S/c9-13(10,11)6-1-7-8-2-4-12-5-3-8/h7H,1-6H2,(H,9,10,11). The van der Waals surface area contributed by atoms with E-state index in [4.69, 9.17) is 9.29 Å². The average Bonchev–Trinajstić information content (AvgIpc) is 2.04. The quantitative estimate of drug-likeness (QED) is 0.562. The van der Waals surface area contributed by atoms with Crippen LogP contribution in [0, 0.1) is 0 Å². The Morgan fingerprint density at radius 1 is 1.38 bits per heavy atom. The van der Waals surface area contributed by atoms with Gasteiger partial charge in [0.2, 0.25) is 0 Å². The summed E-state index contributed by atoms with van der Waals surface area (Å²) in [6.45, 7) is 3.02. The average molecular weight is 210 g/mol. The number of nitrogens with zero attached hydrogens (tertiary/aromatic N) is 1. The van der Waals surface area contributed by atoms with Crippen LogP contribution in [0.25, 0.3) is 0 Å². The molecule has 0 radical (unpaired) electrons. The number of nitrogens with one attached hydrogen (secondary N) is 1. The van der Waals surface area contributed by atoms with Crippen LogP contribution in [0.4, 0.5) is 0 Å². The normalized spacial score (nSPS) is 20.4. The van der Waals surface area contributed by atoms with Crippen molar-refractivity contribution in [2.75, 3.05) is 38.6 Å². The van der Waals surface area contributed by atoms with E-state index >= 15 is 0 Å². The van der Waals surface area contributed by atoms with Crippen LogP contribution in [0.3, 0.4) is 0 Å². The van der Waals surface area contributed by atoms with E-state index in [1.54, 1.807) is 0 Å². The van der Waals surface area contributed by atoms with Crippen LogP contribution in [0.5, 0.6) is 0 Å². The SMILES string of the molecule is O=S(=O)(O)CCNN1CCOCC1. The van der Waals surface area contributed by atoms with Gasteiger partial charge in [-0.25, -0.2) is 5.01 Å². The van der Waals surface area contributed by atoms with Crippen molar-refractivity contribution in [3.63, 3.8) is 0 Å². The van der Waals surface area contributed by atoms with E-state index in [0.717, 1.165) is 13.1 Å². The zero-order chi connectivity index (χ0) is 9.73. The first-order chi connectivity index (χ1) is 6.08. The van der Waals surface area contributed by atoms with Crippen LogP contribution in [0.15, 0.2) is 0 Å². The van der Waals surface area contributed by atoms with Gasteiger partial charge in [0.25, 0.3) is 10.1 Å². The van der Waals surface area contributed by atoms with Gasteiger partial charge in [-0.3, -0.25) is 9.98 Å². The molecule has 0 aromatic heterocycles. The van der Waals surface area contributed by atoms with E-state index in [1.165, 1.54) is 0 Å². The second-order valence-corrected chi connectivity index (χ2v) is 4.37. The number of ether oxygens (including phenoxy) is 1. The Kier molecular flexibility index (Phi) is 4.07. The van der Waals surface area contributed by atoms with Gasteiger partial charge in [0, 0.05) is 19.6 Å². The molecule has 0 spiro atoms. The van der Waals surface area contributed by atoms with Gasteiger partial charge in [0.15, 0.2) is 0 Å². The molecule has 0 amide bonds. The van der Waals surface area contributed by atoms with Gasteiger partial charge in [-0.05, 0) is 0 Å². The molecular formula is C6H14N2O4S. The van der Waals surface area contributed by atoms with E-state index in [2.05, 4.69) is 5.43 Å². The molecule has 6 nitrogen and oxygen atoms in total. The van der Waals surface area contributed by atoms with Crippen molar-refractivity contribution in [3.8, 4) is 0 Å². The van der Waals surface area contributed by atoms with Crippen molar-refractivity contribution in [1.82, 2.24) is 10.4 Å². The first-order valence-electron chi connectivity index (χ1n) is 4.09. The first kappa shape index (κ1) is 10.9. The fourth-order valence-electron chi connectivity index (χ4n) is 1.05. The lowest BCUT2D eigenvalue weighted by atomic mass is 10.5. The Balaban J connectivity index is 2.11. The maximum absolute atomic E-state index is 10.3. The van der Waals surface area contributed by atoms with Crippen molar-refractivity contribution in [3.05, 3.63) is 0 Å². The molecule has 1 aliphatic heterocycles. The van der Waals surface area contributed by atoms with E-state index in [9.17, 15) is 8.42 Å². The van der Waals surface area contributed by atoms with Crippen LogP contribution in [-0.4, -0.2) is 56.6 Å². The number of morpholine rings is 1. The van der Waals surface area contributed by atoms with Gasteiger partial charge in [-0.1, -0.05) is 0 Å². The van der Waals surface area contributed by atoms with Crippen molar-refractivity contribution < 1.29 is 17.7 Å². The Morgan fingerprint density at radius 2 is 2.00 bits per heavy atom. The van der Waals surface area contributed by atoms with Gasteiger partial charge in [0.1, 0.15) is 0 Å². The lowest BCUT2D eigenvalue weighted by Crippen LogP contribution is -2.47. The topological polar surface area (TPSA) is 78.9 Å². The summed E-state index contributed by atoms with van der Waals surface area (Å²) in [5.74, 6) is -0.260. The van der Waals surface area contributed by atoms with Gasteiger partial charge in [-0.15, -0.1) is 0 Å². The van der Waals surface area contributed by atoms with Gasteiger partial charge >= 0.3 is 0 Å². The fourth-order valence-corrected chi connectivity index (χ4v) is 1.40. The molecule has 0 unspecified atom stereocenters. The lowest BCUT2D eigenvalue weighted by Gasteiger charge is -2.26. The summed E-state index contributed by atoms with van der Waals surface area (Å²) in [6, 6.07) is 0. The summed E-state index contributed by atoms with van der Waals surface area (Å²) < 4.78 is 34.2. The third-order valence-electron chi connectivity index (χ3n) is 1.71. The lowest BCUT2D eigenvalue weighted by molar-refractivity contribution is 0.0132. The minimum Gasteiger partial charge on any atom is -0.379 e. The third kappa shape index (κ3) is 5.17. The van der Waals surface area contributed by atoms with Gasteiger partial charge in [0.05, 0.1) is 19.0 Å². The summed E-state index contributed by atoms with van der Waals surface area (Å²) in [4.78, 5) is 0. The van der Waals surface area contributed by atoms with E-state index in [1.807, 2.05) is 5.01 Å². The molecule has 0 saturated carbocycles. The minimum atomic E-state index is -3.85. The van der Waals surface area contributed by atoms with E-state index < -0.39 is 10.1 Å². The number of hydrazine groups is 1. The zero-order valence-electron chi connectivity index (χ0n) is 7.27. The highest BCUT2D eigenvalue weighted by atomic mass is 32.2. The molecule has 1 fully saturated rings. The highest BCUT2D eigenvalue weighted by Gasteiger charge is 2.10. The van der Waals surface area contributed by atoms with E-state index in [-0.39, 0.29) is 12.3 Å². The fraction of sp³-hybridized carbons (Fsp3) is 1.00. The molecular weight excluding hydrogens is 196 g/mol. The minimum absolute atomic E-state index is 0.235. The number of hydrogen-bond donors (Lipinski definition) is 2. The Hall–Kier alpha value is -0.210. The predicted molar refractivity (Wildman–Crippen MR) is 46.8 cm³/mol. The molecule has 0 aromatic carbocycles. The molecule has 7 heteroatoms. The van der Waals surface area contributed by atoms with Crippen LogP contribution in [0.1, 0.15) is 0 Å². The molecule has 1 aliphatic rings. The van der Waals surface area contributed by atoms with Gasteiger partial charge in [-0.2, -0.15) is 8.42 Å². The monoisotopic (exact) mass is 210 g/mol. The summed E-state index contributed by atoms with van der Waals surface area (Å²) in [5.41, 5.74) is 2.89. The van der Waals surface area contributed by atoms with Crippen molar-refractivity contribution in [2.24, 2.45) is 0 Å². The Bertz CT molecular complexity index is 235. The van der Waals surface area contributed by atoms with E-state index in [0.29, 0.717) is 13.2 Å². The third-order valence-corrected chi connectivity index (χ3v) is 2.43. The molecule has 1 rings (SSSR count). The zero-order valence-corrected chi connectivity index (χ0v) is 8.09. The summed E-state index contributed by atoms with van der Waals surface area (Å²) in [6.07, 6.45) is 0.